The Balaban J connectivity index is 2.73. The molecule has 0 bridgehead atoms. The number of anilines is 1. The van der Waals surface area contributed by atoms with Crippen molar-refractivity contribution in [2.75, 3.05) is 11.9 Å². The number of ether oxygens (including phenoxy) is 1. The Kier molecular flexibility index (Phi) is 7.12. The van der Waals surface area contributed by atoms with Crippen LogP contribution in [0.1, 0.15) is 49.2 Å². The molecule has 0 spiro atoms. The molecule has 0 aliphatic heterocycles. The van der Waals surface area contributed by atoms with E-state index in [1.54, 1.807) is 30.6 Å². The van der Waals surface area contributed by atoms with E-state index >= 15 is 0 Å². The molecule has 0 aromatic heterocycles. The van der Waals surface area contributed by atoms with E-state index in [2.05, 4.69) is 19.2 Å². The van der Waals surface area contributed by atoms with Crippen molar-refractivity contribution in [2.24, 2.45) is 5.92 Å². The fraction of sp³-hybridized carbons (Fsp3) is 0.381. The second-order valence-corrected chi connectivity index (χ2v) is 7.01. The summed E-state index contributed by atoms with van der Waals surface area (Å²) in [5.41, 5.74) is 5.41. The van der Waals surface area contributed by atoms with Gasteiger partial charge in [-0.1, -0.05) is 38.1 Å². The van der Waals surface area contributed by atoms with Gasteiger partial charge in [-0.15, -0.1) is 0 Å². The molecule has 0 atom stereocenters. The summed E-state index contributed by atoms with van der Waals surface area (Å²) in [7, 11) is 0. The molecular weight excluding hydrogens is 360 g/mol. The van der Waals surface area contributed by atoms with Crippen LogP contribution in [-0.4, -0.2) is 29.6 Å². The van der Waals surface area contributed by atoms with Crippen LogP contribution in [0.5, 0.6) is 0 Å². The minimum Gasteiger partial charge on any atom is -0.462 e. The number of carbonyl (C=O) groups excluding carboxylic acids is 3. The number of hydrogen-bond acceptors (Lipinski definition) is 5. The summed E-state index contributed by atoms with van der Waals surface area (Å²) in [6.45, 7) is 7.45. The molecule has 3 N–H and O–H groups in total. The zero-order valence-electron chi connectivity index (χ0n) is 16.6. The highest BCUT2D eigenvalue weighted by Crippen LogP contribution is 2.42. The SMILES string of the molecule is CCOC(=O)c1c2ccc(CC(=O)NO)ccc-2c(CC(C)C)c1NC(C)=O. The smallest absolute Gasteiger partial charge is 0.340 e. The molecule has 2 aliphatic rings. The van der Waals surface area contributed by atoms with Crippen LogP contribution in [0, 0.1) is 5.92 Å². The molecule has 7 nitrogen and oxygen atoms in total. The van der Waals surface area contributed by atoms with E-state index in [0.29, 0.717) is 34.7 Å². The zero-order valence-corrected chi connectivity index (χ0v) is 16.6. The molecular formula is C21H26N2O5. The molecule has 0 aromatic rings. The third-order valence-electron chi connectivity index (χ3n) is 4.25. The van der Waals surface area contributed by atoms with Crippen LogP contribution in [0.25, 0.3) is 11.1 Å². The summed E-state index contributed by atoms with van der Waals surface area (Å²) in [6, 6.07) is 7.07. The van der Waals surface area contributed by atoms with E-state index in [4.69, 9.17) is 9.94 Å². The lowest BCUT2D eigenvalue weighted by Gasteiger charge is -2.10. The quantitative estimate of drug-likeness (QED) is 0.385. The summed E-state index contributed by atoms with van der Waals surface area (Å²) in [5, 5.41) is 11.6. The minimum absolute atomic E-state index is 0.000576. The van der Waals surface area contributed by atoms with Gasteiger partial charge in [-0.25, -0.2) is 10.3 Å². The van der Waals surface area contributed by atoms with Gasteiger partial charge in [0.25, 0.3) is 0 Å². The van der Waals surface area contributed by atoms with Gasteiger partial charge in [0.1, 0.15) is 0 Å². The molecule has 150 valence electrons. The topological polar surface area (TPSA) is 105 Å². The number of amides is 2. The first-order valence-electron chi connectivity index (χ1n) is 9.23. The zero-order chi connectivity index (χ0) is 20.8. The average molecular weight is 386 g/mol. The van der Waals surface area contributed by atoms with Gasteiger partial charge in [0, 0.05) is 6.92 Å². The van der Waals surface area contributed by atoms with E-state index in [0.717, 1.165) is 11.1 Å². The molecule has 0 radical (unpaired) electrons. The Labute approximate surface area is 164 Å². The highest BCUT2D eigenvalue weighted by molar-refractivity contribution is 6.10. The fourth-order valence-electron chi connectivity index (χ4n) is 3.21. The van der Waals surface area contributed by atoms with E-state index in [9.17, 15) is 14.4 Å². The highest BCUT2D eigenvalue weighted by Gasteiger charge is 2.28. The second kappa shape index (κ2) is 9.32. The summed E-state index contributed by atoms with van der Waals surface area (Å²) in [4.78, 5) is 36.0. The number of nitrogens with one attached hydrogen (secondary N) is 2. The van der Waals surface area contributed by atoms with Crippen molar-refractivity contribution < 1.29 is 24.3 Å². The van der Waals surface area contributed by atoms with Crippen molar-refractivity contribution in [3.05, 3.63) is 41.0 Å². The Hall–Kier alpha value is -2.93. The lowest BCUT2D eigenvalue weighted by molar-refractivity contribution is -0.128. The maximum Gasteiger partial charge on any atom is 0.340 e. The normalized spacial score (nSPS) is 10.8. The summed E-state index contributed by atoms with van der Waals surface area (Å²) in [6.07, 6.45) is 0.655. The lowest BCUT2D eigenvalue weighted by Crippen LogP contribution is -2.20. The predicted octanol–water partition coefficient (Wildman–Crippen LogP) is 3.17. The van der Waals surface area contributed by atoms with Crippen molar-refractivity contribution >= 4 is 23.5 Å². The van der Waals surface area contributed by atoms with Crippen molar-refractivity contribution in [3.8, 4) is 11.1 Å². The van der Waals surface area contributed by atoms with Gasteiger partial charge < -0.3 is 10.1 Å². The maximum absolute atomic E-state index is 12.7. The van der Waals surface area contributed by atoms with Crippen molar-refractivity contribution in [3.63, 3.8) is 0 Å². The van der Waals surface area contributed by atoms with E-state index in [-0.39, 0.29) is 18.9 Å². The van der Waals surface area contributed by atoms with Gasteiger partial charge in [0.15, 0.2) is 0 Å². The number of hydroxylamine groups is 1. The Morgan fingerprint density at radius 3 is 2.29 bits per heavy atom. The van der Waals surface area contributed by atoms with Crippen LogP contribution in [0.2, 0.25) is 0 Å². The van der Waals surface area contributed by atoms with Crippen molar-refractivity contribution in [1.82, 2.24) is 5.48 Å². The van der Waals surface area contributed by atoms with E-state index < -0.39 is 11.9 Å². The van der Waals surface area contributed by atoms with Gasteiger partial charge in [0.2, 0.25) is 11.8 Å². The largest absolute Gasteiger partial charge is 0.462 e. The fourth-order valence-corrected chi connectivity index (χ4v) is 3.21. The number of esters is 1. The van der Waals surface area contributed by atoms with Crippen LogP contribution in [-0.2, 0) is 27.2 Å². The van der Waals surface area contributed by atoms with Gasteiger partial charge in [-0.2, -0.15) is 0 Å². The van der Waals surface area contributed by atoms with Gasteiger partial charge in [-0.3, -0.25) is 14.8 Å². The number of rotatable bonds is 7. The molecule has 2 amide bonds. The summed E-state index contributed by atoms with van der Waals surface area (Å²) < 4.78 is 5.23. The first-order valence-corrected chi connectivity index (χ1v) is 9.23. The molecule has 0 aromatic carbocycles. The Bertz CT molecular complexity index is 860. The summed E-state index contributed by atoms with van der Waals surface area (Å²) in [5.74, 6) is -1.02. The third-order valence-corrected chi connectivity index (χ3v) is 4.25. The lowest BCUT2D eigenvalue weighted by atomic mass is 10.00. The Morgan fingerprint density at radius 2 is 1.75 bits per heavy atom. The van der Waals surface area contributed by atoms with E-state index in [1.165, 1.54) is 6.92 Å². The predicted molar refractivity (Wildman–Crippen MR) is 105 cm³/mol. The van der Waals surface area contributed by atoms with Crippen molar-refractivity contribution in [1.29, 1.82) is 0 Å². The molecule has 2 aliphatic carbocycles. The molecule has 28 heavy (non-hydrogen) atoms. The van der Waals surface area contributed by atoms with Gasteiger partial charge >= 0.3 is 5.97 Å². The standard InChI is InChI=1S/C21H26N2O5/c1-5-28-21(26)19-16-9-7-14(11-18(25)23-27)6-8-15(16)17(10-12(2)3)20(19)22-13(4)24/h6-9,12,27H,5,10-11H2,1-4H3,(H,22,24)(H,23,25). The van der Waals surface area contributed by atoms with Gasteiger partial charge in [0.05, 0.1) is 24.3 Å². The third kappa shape index (κ3) is 4.86. The molecule has 7 heteroatoms. The molecule has 0 fully saturated rings. The highest BCUT2D eigenvalue weighted by atomic mass is 16.5. The number of hydrogen-bond donors (Lipinski definition) is 3. The van der Waals surface area contributed by atoms with Gasteiger partial charge in [-0.05, 0) is 41.5 Å². The van der Waals surface area contributed by atoms with Crippen molar-refractivity contribution in [2.45, 2.75) is 40.5 Å². The first kappa shape index (κ1) is 21.4. The molecule has 0 unspecified atom stereocenters. The molecule has 0 heterocycles. The average Bonchev–Trinajstić information content (AvgIpc) is 2.75. The molecule has 2 rings (SSSR count). The van der Waals surface area contributed by atoms with Crippen LogP contribution in [0.4, 0.5) is 5.69 Å². The van der Waals surface area contributed by atoms with Crippen LogP contribution in [0.3, 0.4) is 0 Å². The van der Waals surface area contributed by atoms with Crippen LogP contribution < -0.4 is 10.8 Å². The van der Waals surface area contributed by atoms with Crippen LogP contribution >= 0.6 is 0 Å². The maximum atomic E-state index is 12.7. The summed E-state index contributed by atoms with van der Waals surface area (Å²) >= 11 is 0. The number of carbonyl (C=O) groups is 3. The molecule has 0 saturated carbocycles. The minimum atomic E-state index is -0.530. The molecule has 0 saturated heterocycles. The second-order valence-electron chi connectivity index (χ2n) is 7.01. The Morgan fingerprint density at radius 1 is 1.11 bits per heavy atom. The van der Waals surface area contributed by atoms with E-state index in [1.807, 2.05) is 6.07 Å². The first-order chi connectivity index (χ1) is 13.3. The monoisotopic (exact) mass is 386 g/mol. The number of fused-ring (bicyclic) bond motifs is 1. The van der Waals surface area contributed by atoms with Crippen LogP contribution in [0.15, 0.2) is 24.3 Å².